The third-order valence-corrected chi connectivity index (χ3v) is 4.67. The van der Waals surface area contributed by atoms with Gasteiger partial charge in [-0.25, -0.2) is 0 Å². The number of halogens is 1. The molecule has 0 bridgehead atoms. The molecule has 29 heavy (non-hydrogen) atoms. The minimum Gasteiger partial charge on any atom is -0.490 e. The third kappa shape index (κ3) is 4.54. The van der Waals surface area contributed by atoms with Crippen LogP contribution in [-0.4, -0.2) is 43.5 Å². The summed E-state index contributed by atoms with van der Waals surface area (Å²) in [4.78, 5) is 26.0. The highest BCUT2D eigenvalue weighted by molar-refractivity contribution is 6.36. The number of likely N-dealkylation sites (N-methyl/N-ethyl adjacent to an activating group) is 1. The van der Waals surface area contributed by atoms with Gasteiger partial charge >= 0.3 is 0 Å². The first-order valence-corrected chi connectivity index (χ1v) is 9.65. The van der Waals surface area contributed by atoms with Crippen LogP contribution in [0.25, 0.3) is 11.6 Å². The standard InChI is InChI=1S/C22H23ClN2O4/c1-5-28-20-11-14(6-9-19(20)29-13(2)22(27)25(3)4)10-17-16-8-7-15(23)12-18(16)24-21(17)26/h6-13H,5H2,1-4H3,(H,24,26)/b17-10+. The van der Waals surface area contributed by atoms with Gasteiger partial charge in [-0.2, -0.15) is 0 Å². The Morgan fingerprint density at radius 1 is 1.21 bits per heavy atom. The minimum atomic E-state index is -0.648. The average Bonchev–Trinajstić information content (AvgIpc) is 2.97. The molecule has 7 heteroatoms. The number of carbonyl (C=O) groups is 2. The molecule has 0 aliphatic carbocycles. The maximum atomic E-state index is 12.4. The van der Waals surface area contributed by atoms with Gasteiger partial charge in [0.05, 0.1) is 12.3 Å². The van der Waals surface area contributed by atoms with Crippen LogP contribution >= 0.6 is 11.6 Å². The maximum absolute atomic E-state index is 12.4. The molecule has 1 N–H and O–H groups in total. The number of anilines is 1. The van der Waals surface area contributed by atoms with E-state index in [0.29, 0.717) is 34.4 Å². The number of amides is 2. The smallest absolute Gasteiger partial charge is 0.262 e. The van der Waals surface area contributed by atoms with Gasteiger partial charge < -0.3 is 19.7 Å². The van der Waals surface area contributed by atoms with Crippen molar-refractivity contribution in [2.24, 2.45) is 0 Å². The van der Waals surface area contributed by atoms with E-state index in [1.165, 1.54) is 4.90 Å². The number of carbonyl (C=O) groups excluding carboxylic acids is 2. The van der Waals surface area contributed by atoms with Crippen LogP contribution in [0.15, 0.2) is 36.4 Å². The summed E-state index contributed by atoms with van der Waals surface area (Å²) in [5.41, 5.74) is 2.81. The summed E-state index contributed by atoms with van der Waals surface area (Å²) in [5, 5.41) is 3.38. The molecule has 1 heterocycles. The van der Waals surface area contributed by atoms with E-state index in [9.17, 15) is 9.59 Å². The topological polar surface area (TPSA) is 67.9 Å². The summed E-state index contributed by atoms with van der Waals surface area (Å²) >= 11 is 6.01. The average molecular weight is 415 g/mol. The van der Waals surface area contributed by atoms with Crippen LogP contribution in [0, 0.1) is 0 Å². The van der Waals surface area contributed by atoms with Gasteiger partial charge in [0, 0.05) is 30.3 Å². The Kier molecular flexibility index (Phi) is 6.13. The van der Waals surface area contributed by atoms with Gasteiger partial charge in [0.25, 0.3) is 11.8 Å². The van der Waals surface area contributed by atoms with E-state index in [4.69, 9.17) is 21.1 Å². The lowest BCUT2D eigenvalue weighted by Gasteiger charge is -2.20. The number of rotatable bonds is 6. The summed E-state index contributed by atoms with van der Waals surface area (Å²) in [7, 11) is 3.36. The molecule has 0 spiro atoms. The van der Waals surface area contributed by atoms with Crippen molar-refractivity contribution in [2.75, 3.05) is 26.0 Å². The Labute approximate surface area is 175 Å². The second-order valence-electron chi connectivity index (χ2n) is 6.83. The molecule has 6 nitrogen and oxygen atoms in total. The van der Waals surface area contributed by atoms with Crippen LogP contribution in [0.1, 0.15) is 25.0 Å². The van der Waals surface area contributed by atoms with Crippen LogP contribution < -0.4 is 14.8 Å². The molecule has 0 saturated heterocycles. The zero-order chi connectivity index (χ0) is 21.1. The number of nitrogens with zero attached hydrogens (tertiary/aromatic N) is 1. The molecule has 0 aromatic heterocycles. The largest absolute Gasteiger partial charge is 0.490 e. The van der Waals surface area contributed by atoms with Gasteiger partial charge in [0.15, 0.2) is 17.6 Å². The predicted octanol–water partition coefficient (Wildman–Crippen LogP) is 4.09. The summed E-state index contributed by atoms with van der Waals surface area (Å²) < 4.78 is 11.5. The fourth-order valence-corrected chi connectivity index (χ4v) is 3.23. The summed E-state index contributed by atoms with van der Waals surface area (Å²) in [6.45, 7) is 4.00. The first-order valence-electron chi connectivity index (χ1n) is 9.27. The van der Waals surface area contributed by atoms with E-state index in [1.807, 2.05) is 19.1 Å². The second-order valence-corrected chi connectivity index (χ2v) is 7.27. The van der Waals surface area contributed by atoms with E-state index in [1.54, 1.807) is 51.4 Å². The lowest BCUT2D eigenvalue weighted by atomic mass is 10.0. The predicted molar refractivity (Wildman–Crippen MR) is 114 cm³/mol. The van der Waals surface area contributed by atoms with Gasteiger partial charge in [0.1, 0.15) is 0 Å². The molecule has 3 rings (SSSR count). The Morgan fingerprint density at radius 2 is 1.97 bits per heavy atom. The number of hydrogen-bond acceptors (Lipinski definition) is 4. The number of nitrogens with one attached hydrogen (secondary N) is 1. The van der Waals surface area contributed by atoms with Gasteiger partial charge in [-0.1, -0.05) is 23.7 Å². The SMILES string of the molecule is CCOc1cc(/C=C2/C(=O)Nc3cc(Cl)ccc32)ccc1OC(C)C(=O)N(C)C. The summed E-state index contributed by atoms with van der Waals surface area (Å²) in [6.07, 6.45) is 1.14. The molecule has 152 valence electrons. The van der Waals surface area contributed by atoms with Crippen LogP contribution in [0.5, 0.6) is 11.5 Å². The minimum absolute atomic E-state index is 0.142. The Morgan fingerprint density at radius 3 is 2.66 bits per heavy atom. The molecule has 0 radical (unpaired) electrons. The first-order chi connectivity index (χ1) is 13.8. The molecule has 2 aromatic carbocycles. The maximum Gasteiger partial charge on any atom is 0.262 e. The molecular weight excluding hydrogens is 392 g/mol. The van der Waals surface area contributed by atoms with Crippen molar-refractivity contribution in [3.8, 4) is 11.5 Å². The Bertz CT molecular complexity index is 985. The molecule has 0 saturated carbocycles. The normalized spacial score (nSPS) is 14.9. The Hall–Kier alpha value is -2.99. The zero-order valence-electron chi connectivity index (χ0n) is 16.8. The fraction of sp³-hybridized carbons (Fsp3) is 0.273. The van der Waals surface area contributed by atoms with Crippen molar-refractivity contribution < 1.29 is 19.1 Å². The lowest BCUT2D eigenvalue weighted by molar-refractivity contribution is -0.135. The van der Waals surface area contributed by atoms with Crippen LogP contribution in [0.2, 0.25) is 5.02 Å². The van der Waals surface area contributed by atoms with Crippen LogP contribution in [0.4, 0.5) is 5.69 Å². The van der Waals surface area contributed by atoms with E-state index >= 15 is 0 Å². The highest BCUT2D eigenvalue weighted by Gasteiger charge is 2.24. The van der Waals surface area contributed by atoms with Crippen molar-refractivity contribution >= 4 is 40.8 Å². The van der Waals surface area contributed by atoms with Gasteiger partial charge in [0.2, 0.25) is 0 Å². The molecule has 1 atom stereocenters. The van der Waals surface area contributed by atoms with E-state index in [-0.39, 0.29) is 11.8 Å². The van der Waals surface area contributed by atoms with Crippen molar-refractivity contribution in [1.82, 2.24) is 4.90 Å². The number of hydrogen-bond donors (Lipinski definition) is 1. The van der Waals surface area contributed by atoms with E-state index < -0.39 is 6.10 Å². The summed E-state index contributed by atoms with van der Waals surface area (Å²) in [5.74, 6) is 0.650. The monoisotopic (exact) mass is 414 g/mol. The van der Waals surface area contributed by atoms with Gasteiger partial charge in [-0.3, -0.25) is 9.59 Å². The molecule has 1 aliphatic heterocycles. The summed E-state index contributed by atoms with van der Waals surface area (Å²) in [6, 6.07) is 10.6. The Balaban J connectivity index is 1.92. The molecular formula is C22H23ClN2O4. The molecule has 1 unspecified atom stereocenters. The molecule has 2 aromatic rings. The second kappa shape index (κ2) is 8.57. The van der Waals surface area contributed by atoms with Crippen LogP contribution in [0.3, 0.4) is 0 Å². The molecule has 0 fully saturated rings. The highest BCUT2D eigenvalue weighted by atomic mass is 35.5. The fourth-order valence-electron chi connectivity index (χ4n) is 3.06. The van der Waals surface area contributed by atoms with E-state index in [2.05, 4.69) is 5.32 Å². The van der Waals surface area contributed by atoms with Crippen molar-refractivity contribution in [3.63, 3.8) is 0 Å². The van der Waals surface area contributed by atoms with Gasteiger partial charge in [-0.15, -0.1) is 0 Å². The zero-order valence-corrected chi connectivity index (χ0v) is 17.5. The number of ether oxygens (including phenoxy) is 2. The van der Waals surface area contributed by atoms with Crippen LogP contribution in [-0.2, 0) is 9.59 Å². The number of benzene rings is 2. The third-order valence-electron chi connectivity index (χ3n) is 4.44. The quantitative estimate of drug-likeness (QED) is 0.723. The van der Waals surface area contributed by atoms with Gasteiger partial charge in [-0.05, 0) is 49.8 Å². The van der Waals surface area contributed by atoms with E-state index in [0.717, 1.165) is 11.1 Å². The molecule has 2 amide bonds. The highest BCUT2D eigenvalue weighted by Crippen LogP contribution is 2.36. The number of fused-ring (bicyclic) bond motifs is 1. The van der Waals surface area contributed by atoms with Crippen molar-refractivity contribution in [2.45, 2.75) is 20.0 Å². The van der Waals surface area contributed by atoms with Crippen molar-refractivity contribution in [1.29, 1.82) is 0 Å². The lowest BCUT2D eigenvalue weighted by Crippen LogP contribution is -2.35. The first kappa shape index (κ1) is 20.7. The molecule has 1 aliphatic rings. The van der Waals surface area contributed by atoms with Crippen molar-refractivity contribution in [3.05, 3.63) is 52.5 Å².